The second kappa shape index (κ2) is 6.25. The lowest BCUT2D eigenvalue weighted by molar-refractivity contribution is -0.248. The first kappa shape index (κ1) is 19.1. The van der Waals surface area contributed by atoms with E-state index in [-0.39, 0.29) is 5.69 Å². The summed E-state index contributed by atoms with van der Waals surface area (Å²) in [5.41, 5.74) is -5.60. The van der Waals surface area contributed by atoms with E-state index in [4.69, 9.17) is 0 Å². The highest BCUT2D eigenvalue weighted by molar-refractivity contribution is 5.58. The van der Waals surface area contributed by atoms with Crippen LogP contribution in [0.4, 0.5) is 32.0 Å². The molecule has 1 unspecified atom stereocenters. The second-order valence-corrected chi connectivity index (χ2v) is 5.69. The van der Waals surface area contributed by atoms with Crippen molar-refractivity contribution in [1.29, 1.82) is 0 Å². The summed E-state index contributed by atoms with van der Waals surface area (Å²) in [5, 5.41) is 10.6. The quantitative estimate of drug-likeness (QED) is 0.808. The van der Waals surface area contributed by atoms with Gasteiger partial charge in [-0.15, -0.1) is 0 Å². The maximum absolute atomic E-state index is 13.8. The Hall–Kier alpha value is -2.22. The Morgan fingerprint density at radius 3 is 1.68 bits per heavy atom. The van der Waals surface area contributed by atoms with Crippen molar-refractivity contribution >= 4 is 5.69 Å². The lowest BCUT2D eigenvalue weighted by atomic mass is 9.84. The van der Waals surface area contributed by atoms with Crippen LogP contribution in [0.5, 0.6) is 0 Å². The molecule has 0 aliphatic carbocycles. The molecule has 0 spiro atoms. The Balaban J connectivity index is 2.69. The SMILES string of the molecule is CN(C)c1ccccc1C(O)(c1ccc(C(F)(F)F)cc1)C(F)(F)F. The summed E-state index contributed by atoms with van der Waals surface area (Å²) in [6.07, 6.45) is -9.82. The average Bonchev–Trinajstić information content (AvgIpc) is 2.52. The number of nitrogens with zero attached hydrogens (tertiary/aromatic N) is 1. The molecule has 0 saturated heterocycles. The molecule has 25 heavy (non-hydrogen) atoms. The highest BCUT2D eigenvalue weighted by Gasteiger charge is 2.57. The molecule has 2 nitrogen and oxygen atoms in total. The van der Waals surface area contributed by atoms with Crippen molar-refractivity contribution in [2.75, 3.05) is 19.0 Å². The Morgan fingerprint density at radius 1 is 0.760 bits per heavy atom. The van der Waals surface area contributed by atoms with E-state index < -0.39 is 34.6 Å². The van der Waals surface area contributed by atoms with E-state index in [1.54, 1.807) is 0 Å². The minimum atomic E-state index is -5.14. The zero-order chi connectivity index (χ0) is 19.0. The van der Waals surface area contributed by atoms with Crippen molar-refractivity contribution in [3.63, 3.8) is 0 Å². The molecule has 136 valence electrons. The summed E-state index contributed by atoms with van der Waals surface area (Å²) in [6, 6.07) is 7.63. The predicted molar refractivity (Wildman–Crippen MR) is 81.3 cm³/mol. The van der Waals surface area contributed by atoms with Crippen LogP contribution in [-0.2, 0) is 11.8 Å². The first-order valence-electron chi connectivity index (χ1n) is 7.12. The van der Waals surface area contributed by atoms with Gasteiger partial charge in [0.1, 0.15) is 0 Å². The van der Waals surface area contributed by atoms with Crippen molar-refractivity contribution in [2.45, 2.75) is 18.0 Å². The van der Waals surface area contributed by atoms with Crippen molar-refractivity contribution in [3.05, 3.63) is 65.2 Å². The molecule has 2 rings (SSSR count). The number of alkyl halides is 6. The van der Waals surface area contributed by atoms with Crippen LogP contribution in [0.2, 0.25) is 0 Å². The second-order valence-electron chi connectivity index (χ2n) is 5.69. The first-order chi connectivity index (χ1) is 11.4. The summed E-state index contributed by atoms with van der Waals surface area (Å²) >= 11 is 0. The summed E-state index contributed by atoms with van der Waals surface area (Å²) in [6.45, 7) is 0. The van der Waals surface area contributed by atoms with E-state index in [9.17, 15) is 31.4 Å². The Kier molecular flexibility index (Phi) is 4.78. The zero-order valence-corrected chi connectivity index (χ0v) is 13.3. The van der Waals surface area contributed by atoms with Crippen LogP contribution >= 0.6 is 0 Å². The fraction of sp³-hybridized carbons (Fsp3) is 0.294. The molecular formula is C17H15F6NO. The molecule has 0 heterocycles. The fourth-order valence-corrected chi connectivity index (χ4v) is 2.54. The van der Waals surface area contributed by atoms with Crippen LogP contribution in [0.1, 0.15) is 16.7 Å². The molecule has 0 radical (unpaired) electrons. The third kappa shape index (κ3) is 3.44. The highest BCUT2D eigenvalue weighted by Crippen LogP contribution is 2.47. The molecule has 0 aromatic heterocycles. The molecule has 0 saturated carbocycles. The number of hydrogen-bond donors (Lipinski definition) is 1. The van der Waals surface area contributed by atoms with Crippen molar-refractivity contribution in [1.82, 2.24) is 0 Å². The van der Waals surface area contributed by atoms with Crippen molar-refractivity contribution in [3.8, 4) is 0 Å². The smallest absolute Gasteiger partial charge is 0.377 e. The number of hydrogen-bond acceptors (Lipinski definition) is 2. The zero-order valence-electron chi connectivity index (χ0n) is 13.3. The Labute approximate surface area is 140 Å². The Morgan fingerprint density at radius 2 is 1.24 bits per heavy atom. The van der Waals surface area contributed by atoms with Gasteiger partial charge in [-0.25, -0.2) is 0 Å². The molecule has 8 heteroatoms. The molecule has 1 atom stereocenters. The van der Waals surface area contributed by atoms with Gasteiger partial charge in [-0.3, -0.25) is 0 Å². The van der Waals surface area contributed by atoms with Gasteiger partial charge in [-0.05, 0) is 23.8 Å². The van der Waals surface area contributed by atoms with E-state index in [2.05, 4.69) is 0 Å². The third-order valence-electron chi connectivity index (χ3n) is 3.82. The largest absolute Gasteiger partial charge is 0.425 e. The summed E-state index contributed by atoms with van der Waals surface area (Å²) in [4.78, 5) is 1.39. The molecule has 0 amide bonds. The van der Waals surface area contributed by atoms with E-state index in [1.807, 2.05) is 0 Å². The molecule has 0 aliphatic heterocycles. The van der Waals surface area contributed by atoms with Crippen LogP contribution in [-0.4, -0.2) is 25.4 Å². The van der Waals surface area contributed by atoms with Gasteiger partial charge < -0.3 is 10.0 Å². The van der Waals surface area contributed by atoms with Crippen molar-refractivity contribution < 1.29 is 31.4 Å². The molecule has 0 fully saturated rings. The normalized spacial score (nSPS) is 14.9. The molecular weight excluding hydrogens is 348 g/mol. The van der Waals surface area contributed by atoms with Crippen LogP contribution in [0.3, 0.4) is 0 Å². The van der Waals surface area contributed by atoms with E-state index in [1.165, 1.54) is 37.2 Å². The van der Waals surface area contributed by atoms with Crippen LogP contribution in [0.15, 0.2) is 48.5 Å². The first-order valence-corrected chi connectivity index (χ1v) is 7.12. The number of aliphatic hydroxyl groups is 1. The number of rotatable bonds is 3. The summed E-state index contributed by atoms with van der Waals surface area (Å²) < 4.78 is 79.2. The minimum absolute atomic E-state index is 0.0993. The van der Waals surface area contributed by atoms with Gasteiger partial charge in [-0.1, -0.05) is 30.3 Å². The number of anilines is 1. The average molecular weight is 363 g/mol. The maximum Gasteiger partial charge on any atom is 0.425 e. The third-order valence-corrected chi connectivity index (χ3v) is 3.82. The van der Waals surface area contributed by atoms with Gasteiger partial charge in [0.05, 0.1) is 5.56 Å². The van der Waals surface area contributed by atoms with Gasteiger partial charge in [0.15, 0.2) is 0 Å². The van der Waals surface area contributed by atoms with Gasteiger partial charge in [0, 0.05) is 25.3 Å². The number of halogens is 6. The monoisotopic (exact) mass is 363 g/mol. The molecule has 0 bridgehead atoms. The summed E-state index contributed by atoms with van der Waals surface area (Å²) in [5.74, 6) is 0. The molecule has 2 aromatic carbocycles. The van der Waals surface area contributed by atoms with E-state index in [0.717, 1.165) is 6.07 Å². The van der Waals surface area contributed by atoms with Crippen LogP contribution < -0.4 is 4.90 Å². The summed E-state index contributed by atoms with van der Waals surface area (Å²) in [7, 11) is 3.00. The van der Waals surface area contributed by atoms with E-state index in [0.29, 0.717) is 24.3 Å². The van der Waals surface area contributed by atoms with Crippen LogP contribution in [0.25, 0.3) is 0 Å². The highest BCUT2D eigenvalue weighted by atomic mass is 19.4. The minimum Gasteiger partial charge on any atom is -0.377 e. The van der Waals surface area contributed by atoms with Gasteiger partial charge in [-0.2, -0.15) is 26.3 Å². The van der Waals surface area contributed by atoms with E-state index >= 15 is 0 Å². The maximum atomic E-state index is 13.8. The Bertz CT molecular complexity index is 736. The molecule has 0 aliphatic rings. The standard InChI is InChI=1S/C17H15F6NO/c1-24(2)14-6-4-3-5-13(14)15(25,17(21,22)23)11-7-9-12(10-8-11)16(18,19)20/h3-10,25H,1-2H3. The van der Waals surface area contributed by atoms with Crippen molar-refractivity contribution in [2.24, 2.45) is 0 Å². The number of para-hydroxylation sites is 1. The topological polar surface area (TPSA) is 23.5 Å². The molecule has 2 aromatic rings. The lowest BCUT2D eigenvalue weighted by Gasteiger charge is -2.34. The predicted octanol–water partition coefficient (Wildman–Crippen LogP) is 4.57. The van der Waals surface area contributed by atoms with Crippen LogP contribution in [0, 0.1) is 0 Å². The lowest BCUT2D eigenvalue weighted by Crippen LogP contribution is -2.44. The van der Waals surface area contributed by atoms with Gasteiger partial charge in [0.25, 0.3) is 0 Å². The fourth-order valence-electron chi connectivity index (χ4n) is 2.54. The molecule has 1 N–H and O–H groups in total. The van der Waals surface area contributed by atoms with Gasteiger partial charge >= 0.3 is 12.4 Å². The number of benzene rings is 2. The van der Waals surface area contributed by atoms with Gasteiger partial charge in [0.2, 0.25) is 5.60 Å².